The Balaban J connectivity index is 1.95. The molecule has 2 aromatic carbocycles. The van der Waals surface area contributed by atoms with Crippen molar-refractivity contribution in [3.05, 3.63) is 79.9 Å². The first-order valence-corrected chi connectivity index (χ1v) is 7.35. The lowest BCUT2D eigenvalue weighted by Crippen LogP contribution is -2.05. The number of nitro benzene ring substituents is 1. The number of non-ortho nitro benzene ring substituents is 1. The second-order valence-corrected chi connectivity index (χ2v) is 5.61. The molecule has 0 bridgehead atoms. The van der Waals surface area contributed by atoms with Gasteiger partial charge in [0.2, 0.25) is 5.90 Å². The average Bonchev–Trinajstić information content (AvgIpc) is 2.89. The highest BCUT2D eigenvalue weighted by atomic mass is 79.9. The number of halogens is 1. The number of nitrogens with zero attached hydrogens (tertiary/aromatic N) is 2. The topological polar surface area (TPSA) is 81.8 Å². The summed E-state index contributed by atoms with van der Waals surface area (Å²) >= 11 is 3.34. The van der Waals surface area contributed by atoms with E-state index in [2.05, 4.69) is 20.9 Å². The van der Waals surface area contributed by atoms with E-state index in [1.54, 1.807) is 30.3 Å². The monoisotopic (exact) mass is 372 g/mol. The minimum Gasteiger partial charge on any atom is -0.402 e. The van der Waals surface area contributed by atoms with Crippen molar-refractivity contribution in [2.24, 2.45) is 4.99 Å². The summed E-state index contributed by atoms with van der Waals surface area (Å²) in [5.74, 6) is -0.389. The Morgan fingerprint density at radius 2 is 1.96 bits per heavy atom. The van der Waals surface area contributed by atoms with Crippen LogP contribution in [0.4, 0.5) is 5.69 Å². The van der Waals surface area contributed by atoms with Crippen LogP contribution in [0.25, 0.3) is 6.08 Å². The zero-order valence-corrected chi connectivity index (χ0v) is 13.2. The molecule has 0 fully saturated rings. The first-order chi connectivity index (χ1) is 11.0. The maximum Gasteiger partial charge on any atom is 0.363 e. The molecule has 7 heteroatoms. The molecule has 23 heavy (non-hydrogen) atoms. The predicted octanol–water partition coefficient (Wildman–Crippen LogP) is 3.70. The minimum absolute atomic E-state index is 0.0538. The molecule has 0 radical (unpaired) electrons. The number of rotatable bonds is 3. The first-order valence-electron chi connectivity index (χ1n) is 6.56. The number of ether oxygens (including phenoxy) is 1. The second-order valence-electron chi connectivity index (χ2n) is 4.70. The fraction of sp³-hybridized carbons (Fsp3) is 0. The maximum absolute atomic E-state index is 11.9. The van der Waals surface area contributed by atoms with E-state index >= 15 is 0 Å². The number of hydrogen-bond donors (Lipinski definition) is 0. The van der Waals surface area contributed by atoms with Crippen LogP contribution in [0.5, 0.6) is 0 Å². The summed E-state index contributed by atoms with van der Waals surface area (Å²) in [4.78, 5) is 26.4. The molecule has 1 aliphatic rings. The number of carbonyl (C=O) groups is 1. The van der Waals surface area contributed by atoms with Gasteiger partial charge in [-0.3, -0.25) is 10.1 Å². The third-order valence-corrected chi connectivity index (χ3v) is 3.57. The van der Waals surface area contributed by atoms with E-state index in [0.29, 0.717) is 11.1 Å². The molecule has 2 aromatic rings. The molecule has 0 aromatic heterocycles. The van der Waals surface area contributed by atoms with Gasteiger partial charge >= 0.3 is 5.97 Å². The summed E-state index contributed by atoms with van der Waals surface area (Å²) in [5.41, 5.74) is 1.21. The second kappa shape index (κ2) is 6.13. The number of benzene rings is 2. The Hall–Kier alpha value is -2.80. The van der Waals surface area contributed by atoms with Crippen molar-refractivity contribution < 1.29 is 14.5 Å². The van der Waals surface area contributed by atoms with E-state index in [1.807, 2.05) is 6.07 Å². The molecule has 0 atom stereocenters. The summed E-state index contributed by atoms with van der Waals surface area (Å²) < 4.78 is 5.99. The smallest absolute Gasteiger partial charge is 0.363 e. The zero-order valence-electron chi connectivity index (χ0n) is 11.6. The normalized spacial score (nSPS) is 15.4. The van der Waals surface area contributed by atoms with Crippen molar-refractivity contribution in [2.45, 2.75) is 0 Å². The van der Waals surface area contributed by atoms with Gasteiger partial charge in [0, 0.05) is 22.2 Å². The lowest BCUT2D eigenvalue weighted by molar-refractivity contribution is -0.384. The highest BCUT2D eigenvalue weighted by Crippen LogP contribution is 2.22. The summed E-state index contributed by atoms with van der Waals surface area (Å²) in [6, 6.07) is 13.1. The number of aliphatic imine (C=N–C) groups is 1. The first kappa shape index (κ1) is 15.1. The number of carbonyl (C=O) groups excluding carboxylic acids is 1. The SMILES string of the molecule is O=C1OC(c2cccc(Br)c2)=N/C1=C/c1cccc([N+](=O)[O-])c1. The summed E-state index contributed by atoms with van der Waals surface area (Å²) in [7, 11) is 0. The highest BCUT2D eigenvalue weighted by Gasteiger charge is 2.24. The third kappa shape index (κ3) is 3.35. The lowest BCUT2D eigenvalue weighted by Gasteiger charge is -1.99. The molecule has 1 aliphatic heterocycles. The lowest BCUT2D eigenvalue weighted by atomic mass is 10.1. The number of esters is 1. The molecule has 1 heterocycles. The van der Waals surface area contributed by atoms with E-state index < -0.39 is 10.9 Å². The van der Waals surface area contributed by atoms with Gasteiger partial charge in [-0.15, -0.1) is 0 Å². The van der Waals surface area contributed by atoms with Crippen molar-refractivity contribution in [1.29, 1.82) is 0 Å². The van der Waals surface area contributed by atoms with Gasteiger partial charge in [-0.2, -0.15) is 0 Å². The summed E-state index contributed by atoms with van der Waals surface area (Å²) in [5, 5.41) is 10.8. The Kier molecular flexibility index (Phi) is 4.03. The molecular formula is C16H9BrN2O4. The Labute approximate surface area is 139 Å². The molecule has 3 rings (SSSR count). The number of nitro groups is 1. The fourth-order valence-electron chi connectivity index (χ4n) is 2.04. The van der Waals surface area contributed by atoms with E-state index in [9.17, 15) is 14.9 Å². The molecule has 0 saturated carbocycles. The van der Waals surface area contributed by atoms with E-state index in [0.717, 1.165) is 4.47 Å². The van der Waals surface area contributed by atoms with Crippen LogP contribution in [-0.4, -0.2) is 16.8 Å². The van der Waals surface area contributed by atoms with Gasteiger partial charge in [0.15, 0.2) is 5.70 Å². The molecule has 0 amide bonds. The van der Waals surface area contributed by atoms with Crippen molar-refractivity contribution in [1.82, 2.24) is 0 Å². The minimum atomic E-state index is -0.591. The molecule has 6 nitrogen and oxygen atoms in total. The van der Waals surface area contributed by atoms with Crippen LogP contribution in [0.1, 0.15) is 11.1 Å². The van der Waals surface area contributed by atoms with Gasteiger partial charge < -0.3 is 4.74 Å². The van der Waals surface area contributed by atoms with Crippen molar-refractivity contribution >= 4 is 39.6 Å². The van der Waals surface area contributed by atoms with Crippen LogP contribution in [0.3, 0.4) is 0 Å². The summed E-state index contributed by atoms with van der Waals surface area (Å²) in [6.45, 7) is 0. The van der Waals surface area contributed by atoms with E-state index in [-0.39, 0.29) is 17.3 Å². The van der Waals surface area contributed by atoms with Crippen molar-refractivity contribution in [3.8, 4) is 0 Å². The van der Waals surface area contributed by atoms with Crippen LogP contribution in [0.15, 0.2) is 63.7 Å². The van der Waals surface area contributed by atoms with Crippen molar-refractivity contribution in [2.75, 3.05) is 0 Å². The van der Waals surface area contributed by atoms with Crippen LogP contribution < -0.4 is 0 Å². The fourth-order valence-corrected chi connectivity index (χ4v) is 2.44. The molecule has 0 N–H and O–H groups in total. The van der Waals surface area contributed by atoms with Gasteiger partial charge in [-0.1, -0.05) is 34.1 Å². The van der Waals surface area contributed by atoms with E-state index in [1.165, 1.54) is 18.2 Å². The van der Waals surface area contributed by atoms with Gasteiger partial charge in [-0.05, 0) is 29.8 Å². The zero-order chi connectivity index (χ0) is 16.4. The van der Waals surface area contributed by atoms with Gasteiger partial charge in [0.25, 0.3) is 5.69 Å². The maximum atomic E-state index is 11.9. The quantitative estimate of drug-likeness (QED) is 0.356. The van der Waals surface area contributed by atoms with Gasteiger partial charge in [0.1, 0.15) is 0 Å². The van der Waals surface area contributed by atoms with E-state index in [4.69, 9.17) is 4.74 Å². The van der Waals surface area contributed by atoms with Crippen LogP contribution in [0, 0.1) is 10.1 Å². The van der Waals surface area contributed by atoms with Crippen LogP contribution >= 0.6 is 15.9 Å². The highest BCUT2D eigenvalue weighted by molar-refractivity contribution is 9.10. The van der Waals surface area contributed by atoms with Gasteiger partial charge in [-0.25, -0.2) is 9.79 Å². The average molecular weight is 373 g/mol. The Morgan fingerprint density at radius 3 is 2.70 bits per heavy atom. The summed E-state index contributed by atoms with van der Waals surface area (Å²) in [6.07, 6.45) is 1.46. The van der Waals surface area contributed by atoms with Crippen molar-refractivity contribution in [3.63, 3.8) is 0 Å². The Bertz CT molecular complexity index is 874. The predicted molar refractivity (Wildman–Crippen MR) is 87.8 cm³/mol. The molecule has 0 aliphatic carbocycles. The number of hydrogen-bond acceptors (Lipinski definition) is 5. The molecule has 0 spiro atoms. The molecule has 114 valence electrons. The largest absolute Gasteiger partial charge is 0.402 e. The van der Waals surface area contributed by atoms with Crippen LogP contribution in [-0.2, 0) is 9.53 Å². The molecule has 0 unspecified atom stereocenters. The number of cyclic esters (lactones) is 1. The van der Waals surface area contributed by atoms with Gasteiger partial charge in [0.05, 0.1) is 4.92 Å². The molecule has 0 saturated heterocycles. The third-order valence-electron chi connectivity index (χ3n) is 3.08. The molecular weight excluding hydrogens is 364 g/mol. The standard InChI is InChI=1S/C16H9BrN2O4/c17-12-5-2-4-11(9-12)15-18-14(16(20)23-15)8-10-3-1-6-13(7-10)19(21)22/h1-9H/b14-8+. The van der Waals surface area contributed by atoms with Crippen LogP contribution in [0.2, 0.25) is 0 Å². The Morgan fingerprint density at radius 1 is 1.17 bits per heavy atom.